The predicted octanol–water partition coefficient (Wildman–Crippen LogP) is 4.53. The molecule has 4 rings (SSSR count). The molecule has 37 heavy (non-hydrogen) atoms. The van der Waals surface area contributed by atoms with E-state index in [2.05, 4.69) is 0 Å². The van der Waals surface area contributed by atoms with E-state index in [-0.39, 0.29) is 11.5 Å². The van der Waals surface area contributed by atoms with Crippen LogP contribution in [0.25, 0.3) is 0 Å². The maximum absolute atomic E-state index is 14.8. The number of guanidine groups is 1. The minimum absolute atomic E-state index is 0.0110. The van der Waals surface area contributed by atoms with Crippen molar-refractivity contribution in [1.29, 1.82) is 0 Å². The molecule has 10 heteroatoms. The number of rotatable bonds is 7. The van der Waals surface area contributed by atoms with Crippen molar-refractivity contribution in [3.63, 3.8) is 0 Å². The van der Waals surface area contributed by atoms with Gasteiger partial charge in [0.1, 0.15) is 28.7 Å². The Labute approximate surface area is 216 Å². The number of sulfonamides is 1. The van der Waals surface area contributed by atoms with Gasteiger partial charge in [0.15, 0.2) is 0 Å². The average Bonchev–Trinajstić information content (AvgIpc) is 2.86. The van der Waals surface area contributed by atoms with Gasteiger partial charge in [0.25, 0.3) is 0 Å². The molecule has 0 aromatic heterocycles. The zero-order valence-electron chi connectivity index (χ0n) is 21.1. The van der Waals surface area contributed by atoms with Crippen LogP contribution in [0.5, 0.6) is 11.5 Å². The van der Waals surface area contributed by atoms with Crippen LogP contribution in [0.4, 0.5) is 8.78 Å². The highest BCUT2D eigenvalue weighted by Gasteiger charge is 2.43. The number of aliphatic imine (C=N–C) groups is 1. The second-order valence-corrected chi connectivity index (χ2v) is 11.1. The fourth-order valence-electron chi connectivity index (χ4n) is 4.33. The summed E-state index contributed by atoms with van der Waals surface area (Å²) < 4.78 is 66.7. The first-order valence-corrected chi connectivity index (χ1v) is 13.2. The molecule has 1 heterocycles. The summed E-state index contributed by atoms with van der Waals surface area (Å²) in [7, 11) is 0.711. The molecule has 0 aliphatic carbocycles. The summed E-state index contributed by atoms with van der Waals surface area (Å²) in [6.07, 6.45) is 0. The first-order valence-electron chi connectivity index (χ1n) is 11.6. The van der Waals surface area contributed by atoms with Crippen molar-refractivity contribution in [3.8, 4) is 11.5 Å². The van der Waals surface area contributed by atoms with Crippen molar-refractivity contribution in [2.24, 2.45) is 4.99 Å². The highest BCUT2D eigenvalue weighted by molar-refractivity contribution is 7.89. The van der Waals surface area contributed by atoms with Crippen LogP contribution in [0, 0.1) is 11.6 Å². The van der Waals surface area contributed by atoms with Crippen LogP contribution in [0.2, 0.25) is 0 Å². The molecule has 1 aliphatic heterocycles. The van der Waals surface area contributed by atoms with Gasteiger partial charge in [0.05, 0.1) is 20.0 Å². The summed E-state index contributed by atoms with van der Waals surface area (Å²) in [5, 5.41) is 0. The van der Waals surface area contributed by atoms with E-state index in [4.69, 9.17) is 14.5 Å². The molecule has 0 fully saturated rings. The summed E-state index contributed by atoms with van der Waals surface area (Å²) in [5.41, 5.74) is 0.333. The zero-order chi connectivity index (χ0) is 26.8. The number of ether oxygens (including phenoxy) is 2. The smallest absolute Gasteiger partial charge is 0.239 e. The van der Waals surface area contributed by atoms with E-state index in [1.54, 1.807) is 21.1 Å². The van der Waals surface area contributed by atoms with Crippen LogP contribution in [0.15, 0.2) is 71.7 Å². The standard InChI is InChI=1S/C27H29F2N3O4S/c1-27(24-14-9-21(28)15-25(24)29)18-37(33,34)31(2)26(30-27)32(16-19-5-10-22(35-3)11-6-19)17-20-7-12-23(36-4)13-8-20/h5-15H,16-18H2,1-4H3/t27-/m0/s1. The van der Waals surface area contributed by atoms with Gasteiger partial charge in [-0.05, 0) is 48.4 Å². The molecule has 0 unspecified atom stereocenters. The fraction of sp³-hybridized carbons (Fsp3) is 0.296. The largest absolute Gasteiger partial charge is 0.497 e. The van der Waals surface area contributed by atoms with E-state index in [9.17, 15) is 17.2 Å². The highest BCUT2D eigenvalue weighted by atomic mass is 32.2. The van der Waals surface area contributed by atoms with Gasteiger partial charge in [-0.1, -0.05) is 30.3 Å². The maximum atomic E-state index is 14.8. The van der Waals surface area contributed by atoms with E-state index in [0.717, 1.165) is 27.6 Å². The van der Waals surface area contributed by atoms with Gasteiger partial charge in [-0.25, -0.2) is 26.5 Å². The summed E-state index contributed by atoms with van der Waals surface area (Å²) >= 11 is 0. The molecule has 0 radical (unpaired) electrons. The first kappa shape index (κ1) is 26.4. The Bertz CT molecular complexity index is 1350. The quantitative estimate of drug-likeness (QED) is 0.450. The summed E-state index contributed by atoms with van der Waals surface area (Å²) in [4.78, 5) is 6.61. The molecule has 0 amide bonds. The van der Waals surface area contributed by atoms with Crippen LogP contribution >= 0.6 is 0 Å². The third-order valence-electron chi connectivity index (χ3n) is 6.37. The van der Waals surface area contributed by atoms with Crippen LogP contribution < -0.4 is 9.47 Å². The zero-order valence-corrected chi connectivity index (χ0v) is 21.9. The van der Waals surface area contributed by atoms with E-state index in [1.807, 2.05) is 53.4 Å². The molecule has 0 saturated heterocycles. The third-order valence-corrected chi connectivity index (χ3v) is 8.29. The molecule has 1 aliphatic rings. The molecule has 3 aromatic rings. The van der Waals surface area contributed by atoms with Gasteiger partial charge >= 0.3 is 0 Å². The number of halogens is 2. The number of hydrogen-bond donors (Lipinski definition) is 0. The lowest BCUT2D eigenvalue weighted by molar-refractivity contribution is 0.345. The first-order chi connectivity index (χ1) is 17.5. The van der Waals surface area contributed by atoms with Gasteiger partial charge in [0, 0.05) is 31.8 Å². The van der Waals surface area contributed by atoms with Crippen LogP contribution in [-0.4, -0.2) is 50.6 Å². The lowest BCUT2D eigenvalue weighted by Gasteiger charge is -2.40. The minimum Gasteiger partial charge on any atom is -0.497 e. The topological polar surface area (TPSA) is 71.4 Å². The molecular formula is C27H29F2N3O4S. The molecule has 1 atom stereocenters. The van der Waals surface area contributed by atoms with Crippen LogP contribution in [0.1, 0.15) is 23.6 Å². The lowest BCUT2D eigenvalue weighted by atomic mass is 9.94. The number of methoxy groups -OCH3 is 2. The van der Waals surface area contributed by atoms with Gasteiger partial charge in [-0.15, -0.1) is 0 Å². The molecule has 196 valence electrons. The molecule has 3 aromatic carbocycles. The normalized spacial score (nSPS) is 18.8. The Hall–Kier alpha value is -3.66. The third kappa shape index (κ3) is 5.69. The SMILES string of the molecule is COc1ccc(CN(Cc2ccc(OC)cc2)C2=N[C@](C)(c3ccc(F)cc3F)CS(=O)(=O)N2C)cc1. The Morgan fingerprint density at radius 1 is 0.919 bits per heavy atom. The van der Waals surface area contributed by atoms with E-state index < -0.39 is 32.9 Å². The van der Waals surface area contributed by atoms with Crippen molar-refractivity contribution in [3.05, 3.63) is 95.1 Å². The van der Waals surface area contributed by atoms with Crippen molar-refractivity contribution >= 4 is 16.0 Å². The molecule has 0 N–H and O–H groups in total. The fourth-order valence-corrected chi connectivity index (χ4v) is 5.86. The van der Waals surface area contributed by atoms with Crippen molar-refractivity contribution in [2.45, 2.75) is 25.6 Å². The number of hydrogen-bond acceptors (Lipinski definition) is 6. The minimum atomic E-state index is -3.88. The highest BCUT2D eigenvalue weighted by Crippen LogP contribution is 2.35. The monoisotopic (exact) mass is 529 g/mol. The van der Waals surface area contributed by atoms with Gasteiger partial charge < -0.3 is 14.4 Å². The second kappa shape index (κ2) is 10.4. The molecular weight excluding hydrogens is 500 g/mol. The Morgan fingerprint density at radius 3 is 1.89 bits per heavy atom. The summed E-state index contributed by atoms with van der Waals surface area (Å²) in [5.74, 6) is -0.502. The summed E-state index contributed by atoms with van der Waals surface area (Å²) in [6.45, 7) is 2.18. The Kier molecular flexibility index (Phi) is 7.40. The van der Waals surface area contributed by atoms with Crippen LogP contribution in [-0.2, 0) is 28.7 Å². The average molecular weight is 530 g/mol. The Morgan fingerprint density at radius 2 is 1.43 bits per heavy atom. The van der Waals surface area contributed by atoms with Gasteiger partial charge in [0.2, 0.25) is 16.0 Å². The number of benzene rings is 3. The van der Waals surface area contributed by atoms with E-state index in [0.29, 0.717) is 24.6 Å². The maximum Gasteiger partial charge on any atom is 0.239 e. The van der Waals surface area contributed by atoms with Gasteiger partial charge in [-0.3, -0.25) is 0 Å². The molecule has 0 spiro atoms. The van der Waals surface area contributed by atoms with Crippen molar-refractivity contribution < 1.29 is 26.7 Å². The second-order valence-electron chi connectivity index (χ2n) is 9.09. The van der Waals surface area contributed by atoms with E-state index >= 15 is 0 Å². The van der Waals surface area contributed by atoms with Crippen molar-refractivity contribution in [2.75, 3.05) is 27.0 Å². The summed E-state index contributed by atoms with van der Waals surface area (Å²) in [6, 6.07) is 17.9. The lowest BCUT2D eigenvalue weighted by Crippen LogP contribution is -2.53. The van der Waals surface area contributed by atoms with Crippen molar-refractivity contribution in [1.82, 2.24) is 9.21 Å². The van der Waals surface area contributed by atoms with E-state index in [1.165, 1.54) is 13.1 Å². The van der Waals surface area contributed by atoms with Gasteiger partial charge in [-0.2, -0.15) is 0 Å². The Balaban J connectivity index is 1.81. The predicted molar refractivity (Wildman–Crippen MR) is 138 cm³/mol. The number of nitrogens with zero attached hydrogens (tertiary/aromatic N) is 3. The van der Waals surface area contributed by atoms with Crippen LogP contribution in [0.3, 0.4) is 0 Å². The molecule has 7 nitrogen and oxygen atoms in total. The molecule has 0 saturated carbocycles. The molecule has 0 bridgehead atoms.